The second-order valence-corrected chi connectivity index (χ2v) is 5.20. The molecule has 0 aromatic carbocycles. The molecule has 5 heteroatoms. The first kappa shape index (κ1) is 10.5. The number of nitrogens with one attached hydrogen (secondary N) is 1. The van der Waals surface area contributed by atoms with Crippen molar-refractivity contribution in [1.29, 1.82) is 0 Å². The van der Waals surface area contributed by atoms with E-state index in [0.717, 1.165) is 25.6 Å². The number of hydrogen-bond donors (Lipinski definition) is 2. The molecule has 3 aliphatic heterocycles. The van der Waals surface area contributed by atoms with Crippen LogP contribution in [0, 0.1) is 5.92 Å². The highest BCUT2D eigenvalue weighted by Crippen LogP contribution is 2.27. The Morgan fingerprint density at radius 2 is 2.19 bits per heavy atom. The Bertz CT molecular complexity index is 291. The van der Waals surface area contributed by atoms with Gasteiger partial charge in [-0.25, -0.2) is 0 Å². The minimum absolute atomic E-state index is 0.179. The van der Waals surface area contributed by atoms with E-state index in [1.807, 2.05) is 0 Å². The van der Waals surface area contributed by atoms with Gasteiger partial charge in [0.2, 0.25) is 5.91 Å². The number of carbonyl (C=O) groups excluding carboxylic acids is 1. The van der Waals surface area contributed by atoms with Gasteiger partial charge in [0.25, 0.3) is 0 Å². The van der Waals surface area contributed by atoms with Gasteiger partial charge in [-0.15, -0.1) is 0 Å². The molecular weight excluding hydrogens is 206 g/mol. The van der Waals surface area contributed by atoms with Gasteiger partial charge in [0, 0.05) is 25.7 Å². The molecule has 3 rings (SSSR count). The molecule has 3 saturated heterocycles. The van der Waals surface area contributed by atoms with Crippen LogP contribution in [0.2, 0.25) is 0 Å². The third-order valence-electron chi connectivity index (χ3n) is 4.11. The molecule has 3 heterocycles. The fourth-order valence-electron chi connectivity index (χ4n) is 3.07. The topological polar surface area (TPSA) is 55.8 Å². The Kier molecular flexibility index (Phi) is 2.61. The number of amides is 1. The van der Waals surface area contributed by atoms with Crippen LogP contribution in [0.4, 0.5) is 0 Å². The van der Waals surface area contributed by atoms with Crippen molar-refractivity contribution in [2.75, 3.05) is 39.3 Å². The summed E-state index contributed by atoms with van der Waals surface area (Å²) in [7, 11) is 0. The smallest absolute Gasteiger partial charge is 0.236 e. The van der Waals surface area contributed by atoms with Crippen LogP contribution < -0.4 is 5.32 Å². The Balaban J connectivity index is 1.53. The summed E-state index contributed by atoms with van der Waals surface area (Å²) in [6, 6.07) is 0.565. The maximum Gasteiger partial charge on any atom is 0.236 e. The summed E-state index contributed by atoms with van der Waals surface area (Å²) in [5.74, 6) is 0.924. The molecule has 0 saturated carbocycles. The summed E-state index contributed by atoms with van der Waals surface area (Å²) in [6.07, 6.45) is 0.927. The lowest BCUT2D eigenvalue weighted by atomic mass is 10.1. The minimum atomic E-state index is -0.288. The van der Waals surface area contributed by atoms with Crippen LogP contribution in [-0.4, -0.2) is 72.2 Å². The number of hydrogen-bond acceptors (Lipinski definition) is 4. The fraction of sp³-hybridized carbons (Fsp3) is 0.909. The molecule has 0 aromatic heterocycles. The largest absolute Gasteiger partial charge is 0.389 e. The van der Waals surface area contributed by atoms with Crippen LogP contribution in [0.3, 0.4) is 0 Å². The van der Waals surface area contributed by atoms with E-state index >= 15 is 0 Å². The van der Waals surface area contributed by atoms with Gasteiger partial charge in [-0.2, -0.15) is 0 Å². The molecule has 2 N–H and O–H groups in total. The molecule has 16 heavy (non-hydrogen) atoms. The lowest BCUT2D eigenvalue weighted by Gasteiger charge is -2.37. The van der Waals surface area contributed by atoms with Gasteiger partial charge in [-0.1, -0.05) is 0 Å². The van der Waals surface area contributed by atoms with Crippen LogP contribution in [0.25, 0.3) is 0 Å². The van der Waals surface area contributed by atoms with Crippen LogP contribution in [0.5, 0.6) is 0 Å². The molecule has 0 spiro atoms. The average molecular weight is 225 g/mol. The van der Waals surface area contributed by atoms with E-state index in [9.17, 15) is 4.79 Å². The van der Waals surface area contributed by atoms with Gasteiger partial charge in [0.1, 0.15) is 0 Å². The maximum absolute atomic E-state index is 11.9. The van der Waals surface area contributed by atoms with E-state index in [-0.39, 0.29) is 12.0 Å². The Morgan fingerprint density at radius 1 is 1.38 bits per heavy atom. The molecule has 2 unspecified atom stereocenters. The van der Waals surface area contributed by atoms with Crippen molar-refractivity contribution in [2.24, 2.45) is 5.92 Å². The lowest BCUT2D eigenvalue weighted by Crippen LogP contribution is -2.56. The zero-order valence-electron chi connectivity index (χ0n) is 9.43. The number of aliphatic hydroxyl groups is 1. The number of carbonyl (C=O) groups is 1. The number of β-amino-alcohol motifs (C(OH)–C–C–N with tert-alkyl or cyclic N) is 1. The van der Waals surface area contributed by atoms with E-state index in [1.165, 1.54) is 6.42 Å². The number of fused-ring (bicyclic) bond motifs is 1. The number of aliphatic hydroxyl groups excluding tert-OH is 1. The first-order valence-corrected chi connectivity index (χ1v) is 6.14. The van der Waals surface area contributed by atoms with Gasteiger partial charge in [0.15, 0.2) is 0 Å². The van der Waals surface area contributed by atoms with Crippen LogP contribution in [0.15, 0.2) is 0 Å². The zero-order valence-corrected chi connectivity index (χ0v) is 9.43. The molecule has 3 fully saturated rings. The first-order valence-electron chi connectivity index (χ1n) is 6.14. The molecule has 2 atom stereocenters. The number of likely N-dealkylation sites (tertiary alicyclic amines) is 2. The second-order valence-electron chi connectivity index (χ2n) is 5.20. The summed E-state index contributed by atoms with van der Waals surface area (Å²) in [5.41, 5.74) is 0. The molecule has 90 valence electrons. The molecule has 0 aliphatic carbocycles. The standard InChI is InChI=1S/C11H19N3O2/c15-9-5-14(6-9)11(16)7-13-2-1-8-3-12-4-10(8)13/h8-10,12,15H,1-7H2. The van der Waals surface area contributed by atoms with Crippen LogP contribution in [0.1, 0.15) is 6.42 Å². The SMILES string of the molecule is O=C(CN1CCC2CNCC21)N1CC(O)C1. The second kappa shape index (κ2) is 3.98. The van der Waals surface area contributed by atoms with Crippen LogP contribution >= 0.6 is 0 Å². The molecule has 0 radical (unpaired) electrons. The predicted octanol–water partition coefficient (Wildman–Crippen LogP) is -1.52. The number of nitrogens with zero attached hydrogens (tertiary/aromatic N) is 2. The summed E-state index contributed by atoms with van der Waals surface area (Å²) < 4.78 is 0. The predicted molar refractivity (Wildman–Crippen MR) is 58.9 cm³/mol. The minimum Gasteiger partial charge on any atom is -0.389 e. The van der Waals surface area contributed by atoms with E-state index in [4.69, 9.17) is 5.11 Å². The summed E-state index contributed by atoms with van der Waals surface area (Å²) in [4.78, 5) is 15.9. The van der Waals surface area contributed by atoms with Crippen molar-refractivity contribution in [3.63, 3.8) is 0 Å². The van der Waals surface area contributed by atoms with Crippen molar-refractivity contribution in [3.05, 3.63) is 0 Å². The average Bonchev–Trinajstić information content (AvgIpc) is 2.78. The lowest BCUT2D eigenvalue weighted by molar-refractivity contribution is -0.142. The van der Waals surface area contributed by atoms with E-state index in [0.29, 0.717) is 25.7 Å². The molecule has 0 aromatic rings. The molecule has 3 aliphatic rings. The van der Waals surface area contributed by atoms with Gasteiger partial charge < -0.3 is 15.3 Å². The summed E-state index contributed by atoms with van der Waals surface area (Å²) >= 11 is 0. The van der Waals surface area contributed by atoms with Crippen molar-refractivity contribution in [1.82, 2.24) is 15.1 Å². The third-order valence-corrected chi connectivity index (χ3v) is 4.11. The first-order chi connectivity index (χ1) is 7.74. The quantitative estimate of drug-likeness (QED) is 0.599. The normalized spacial score (nSPS) is 35.2. The fourth-order valence-corrected chi connectivity index (χ4v) is 3.07. The van der Waals surface area contributed by atoms with Gasteiger partial charge >= 0.3 is 0 Å². The Labute approximate surface area is 95.4 Å². The Hall–Kier alpha value is -0.650. The highest BCUT2D eigenvalue weighted by atomic mass is 16.3. The number of rotatable bonds is 2. The highest BCUT2D eigenvalue weighted by molar-refractivity contribution is 5.79. The molecule has 5 nitrogen and oxygen atoms in total. The molecule has 1 amide bonds. The van der Waals surface area contributed by atoms with Crippen molar-refractivity contribution >= 4 is 5.91 Å². The summed E-state index contributed by atoms with van der Waals surface area (Å²) in [6.45, 7) is 4.78. The van der Waals surface area contributed by atoms with Gasteiger partial charge in [0.05, 0.1) is 12.6 Å². The van der Waals surface area contributed by atoms with Crippen molar-refractivity contribution < 1.29 is 9.90 Å². The van der Waals surface area contributed by atoms with Crippen molar-refractivity contribution in [2.45, 2.75) is 18.6 Å². The summed E-state index contributed by atoms with van der Waals surface area (Å²) in [5, 5.41) is 12.5. The van der Waals surface area contributed by atoms with E-state index in [2.05, 4.69) is 10.2 Å². The molecular formula is C11H19N3O2. The molecule has 0 bridgehead atoms. The maximum atomic E-state index is 11.9. The van der Waals surface area contributed by atoms with Gasteiger partial charge in [-0.05, 0) is 25.4 Å². The monoisotopic (exact) mass is 225 g/mol. The van der Waals surface area contributed by atoms with E-state index in [1.54, 1.807) is 4.90 Å². The van der Waals surface area contributed by atoms with Gasteiger partial charge in [-0.3, -0.25) is 9.69 Å². The third kappa shape index (κ3) is 1.73. The van der Waals surface area contributed by atoms with Crippen molar-refractivity contribution in [3.8, 4) is 0 Å². The van der Waals surface area contributed by atoms with E-state index < -0.39 is 0 Å². The highest BCUT2D eigenvalue weighted by Gasteiger charge is 2.39. The van der Waals surface area contributed by atoms with Crippen LogP contribution in [-0.2, 0) is 4.79 Å². The zero-order chi connectivity index (χ0) is 11.1. The Morgan fingerprint density at radius 3 is 2.94 bits per heavy atom.